The van der Waals surface area contributed by atoms with Crippen LogP contribution in [0.4, 0.5) is 0 Å². The molecule has 0 aromatic carbocycles. The SMILES string of the molecule is CCC(C)C(=O)C1C(=O)[C@H](CC=C(C)C)[C@](O)([C@@H](O)CC=C(C)C)C1=O. The van der Waals surface area contributed by atoms with Gasteiger partial charge in [-0.1, -0.05) is 37.1 Å². The van der Waals surface area contributed by atoms with Crippen molar-refractivity contribution in [1.29, 1.82) is 0 Å². The van der Waals surface area contributed by atoms with Crippen LogP contribution in [0.1, 0.15) is 60.8 Å². The van der Waals surface area contributed by atoms with Gasteiger partial charge in [0.15, 0.2) is 23.0 Å². The van der Waals surface area contributed by atoms with Gasteiger partial charge in [0.05, 0.1) is 12.0 Å². The molecular formula is C21H32O5. The molecule has 0 saturated heterocycles. The largest absolute Gasteiger partial charge is 0.389 e. The molecule has 146 valence electrons. The summed E-state index contributed by atoms with van der Waals surface area (Å²) in [5.74, 6) is -4.93. The minimum absolute atomic E-state index is 0.0490. The van der Waals surface area contributed by atoms with Crippen molar-refractivity contribution in [3.8, 4) is 0 Å². The smallest absolute Gasteiger partial charge is 0.185 e. The third-order valence-electron chi connectivity index (χ3n) is 5.22. The first-order valence-corrected chi connectivity index (χ1v) is 9.27. The van der Waals surface area contributed by atoms with Crippen molar-refractivity contribution in [3.63, 3.8) is 0 Å². The third-order valence-corrected chi connectivity index (χ3v) is 5.22. The molecule has 2 unspecified atom stereocenters. The fraction of sp³-hybridized carbons (Fsp3) is 0.667. The van der Waals surface area contributed by atoms with Crippen molar-refractivity contribution in [2.45, 2.75) is 72.5 Å². The fourth-order valence-corrected chi connectivity index (χ4v) is 3.28. The van der Waals surface area contributed by atoms with E-state index in [1.54, 1.807) is 19.1 Å². The first kappa shape index (κ1) is 22.5. The summed E-state index contributed by atoms with van der Waals surface area (Å²) < 4.78 is 0. The van der Waals surface area contributed by atoms with Gasteiger partial charge >= 0.3 is 0 Å². The maximum Gasteiger partial charge on any atom is 0.185 e. The number of ketones is 3. The fourth-order valence-electron chi connectivity index (χ4n) is 3.28. The van der Waals surface area contributed by atoms with E-state index in [0.717, 1.165) is 11.1 Å². The molecule has 0 amide bonds. The Kier molecular flexibility index (Phi) is 7.66. The van der Waals surface area contributed by atoms with E-state index < -0.39 is 46.8 Å². The van der Waals surface area contributed by atoms with Crippen LogP contribution < -0.4 is 0 Å². The van der Waals surface area contributed by atoms with Gasteiger partial charge in [-0.25, -0.2) is 0 Å². The zero-order valence-electron chi connectivity index (χ0n) is 16.7. The number of rotatable bonds is 8. The maximum atomic E-state index is 12.9. The summed E-state index contributed by atoms with van der Waals surface area (Å²) >= 11 is 0. The van der Waals surface area contributed by atoms with E-state index >= 15 is 0 Å². The van der Waals surface area contributed by atoms with Gasteiger partial charge in [0.2, 0.25) is 0 Å². The van der Waals surface area contributed by atoms with Crippen molar-refractivity contribution >= 4 is 17.3 Å². The first-order chi connectivity index (χ1) is 12.0. The zero-order chi connectivity index (χ0) is 20.2. The zero-order valence-corrected chi connectivity index (χ0v) is 16.7. The average Bonchev–Trinajstić information content (AvgIpc) is 2.76. The lowest BCUT2D eigenvalue weighted by molar-refractivity contribution is -0.156. The Morgan fingerprint density at radius 1 is 1.15 bits per heavy atom. The molecule has 5 nitrogen and oxygen atoms in total. The van der Waals surface area contributed by atoms with Gasteiger partial charge in [0, 0.05) is 5.92 Å². The molecule has 0 radical (unpaired) electrons. The lowest BCUT2D eigenvalue weighted by Gasteiger charge is -2.31. The number of carbonyl (C=O) groups is 3. The summed E-state index contributed by atoms with van der Waals surface area (Å²) in [6, 6.07) is 0. The van der Waals surface area contributed by atoms with Crippen LogP contribution in [0.2, 0.25) is 0 Å². The molecule has 26 heavy (non-hydrogen) atoms. The summed E-state index contributed by atoms with van der Waals surface area (Å²) in [6.07, 6.45) is 2.71. The summed E-state index contributed by atoms with van der Waals surface area (Å²) in [5, 5.41) is 21.7. The lowest BCUT2D eigenvalue weighted by atomic mass is 9.80. The molecule has 1 aliphatic carbocycles. The molecule has 1 fully saturated rings. The van der Waals surface area contributed by atoms with Crippen LogP contribution >= 0.6 is 0 Å². The molecule has 5 heteroatoms. The Labute approximate surface area is 156 Å². The molecule has 0 bridgehead atoms. The summed E-state index contributed by atoms with van der Waals surface area (Å²) in [7, 11) is 0. The van der Waals surface area contributed by atoms with Gasteiger partial charge in [-0.2, -0.15) is 0 Å². The Hall–Kier alpha value is -1.59. The van der Waals surface area contributed by atoms with Crippen molar-refractivity contribution in [2.24, 2.45) is 17.8 Å². The Balaban J connectivity index is 3.35. The normalized spacial score (nSPS) is 27.8. The Morgan fingerprint density at radius 2 is 1.69 bits per heavy atom. The van der Waals surface area contributed by atoms with E-state index in [9.17, 15) is 24.6 Å². The predicted octanol–water partition coefficient (Wildman–Crippen LogP) is 2.79. The van der Waals surface area contributed by atoms with Crippen LogP contribution in [0.15, 0.2) is 23.3 Å². The Bertz CT molecular complexity index is 622. The van der Waals surface area contributed by atoms with Crippen LogP contribution in [0.3, 0.4) is 0 Å². The lowest BCUT2D eigenvalue weighted by Crippen LogP contribution is -2.52. The molecule has 2 N–H and O–H groups in total. The number of hydrogen-bond donors (Lipinski definition) is 2. The summed E-state index contributed by atoms with van der Waals surface area (Å²) in [6.45, 7) is 10.9. The number of Topliss-reactive ketones (excluding diaryl/α,β-unsaturated/α-hetero) is 3. The summed E-state index contributed by atoms with van der Waals surface area (Å²) in [5.41, 5.74) is -0.372. The minimum atomic E-state index is -2.23. The molecule has 1 aliphatic rings. The quantitative estimate of drug-likeness (QED) is 0.510. The Morgan fingerprint density at radius 3 is 2.15 bits per heavy atom. The summed E-state index contributed by atoms with van der Waals surface area (Å²) in [4.78, 5) is 38.4. The van der Waals surface area contributed by atoms with E-state index in [0.29, 0.717) is 6.42 Å². The van der Waals surface area contributed by atoms with Crippen LogP contribution in [-0.4, -0.2) is 39.3 Å². The molecule has 0 aromatic heterocycles. The number of allylic oxidation sites excluding steroid dienone is 3. The standard InChI is InChI=1S/C21H32O5/c1-7-14(6)18(23)17-19(24)15(10-8-12(2)3)21(26,20(17)25)16(22)11-9-13(4)5/h8-9,14-17,22,26H,7,10-11H2,1-6H3/t14?,15-,16-,17?,21-/m0/s1. The van der Waals surface area contributed by atoms with Crippen LogP contribution in [0.5, 0.6) is 0 Å². The molecule has 5 atom stereocenters. The second kappa shape index (κ2) is 8.87. The topological polar surface area (TPSA) is 91.7 Å². The molecule has 0 aromatic rings. The van der Waals surface area contributed by atoms with Crippen molar-refractivity contribution in [2.75, 3.05) is 0 Å². The number of aliphatic hydroxyl groups excluding tert-OH is 1. The van der Waals surface area contributed by atoms with Crippen LogP contribution in [0, 0.1) is 17.8 Å². The first-order valence-electron chi connectivity index (χ1n) is 9.27. The van der Waals surface area contributed by atoms with Gasteiger partial charge in [0.1, 0.15) is 5.92 Å². The number of hydrogen-bond acceptors (Lipinski definition) is 5. The van der Waals surface area contributed by atoms with Gasteiger partial charge in [-0.15, -0.1) is 0 Å². The predicted molar refractivity (Wildman–Crippen MR) is 101 cm³/mol. The van der Waals surface area contributed by atoms with E-state index in [1.165, 1.54) is 0 Å². The molecule has 0 heterocycles. The highest BCUT2D eigenvalue weighted by molar-refractivity contribution is 6.28. The van der Waals surface area contributed by atoms with Gasteiger partial charge in [-0.05, 0) is 47.0 Å². The van der Waals surface area contributed by atoms with Gasteiger partial charge in [0.25, 0.3) is 0 Å². The molecule has 0 aliphatic heterocycles. The molecule has 1 rings (SSSR count). The van der Waals surface area contributed by atoms with E-state index in [4.69, 9.17) is 0 Å². The second-order valence-electron chi connectivity index (χ2n) is 7.84. The second-order valence-corrected chi connectivity index (χ2v) is 7.84. The van der Waals surface area contributed by atoms with Crippen molar-refractivity contribution in [1.82, 2.24) is 0 Å². The van der Waals surface area contributed by atoms with Crippen LogP contribution in [0.25, 0.3) is 0 Å². The van der Waals surface area contributed by atoms with Gasteiger partial charge in [-0.3, -0.25) is 14.4 Å². The van der Waals surface area contributed by atoms with E-state index in [2.05, 4.69) is 0 Å². The maximum absolute atomic E-state index is 12.9. The highest BCUT2D eigenvalue weighted by Gasteiger charge is 2.64. The highest BCUT2D eigenvalue weighted by Crippen LogP contribution is 2.41. The highest BCUT2D eigenvalue weighted by atomic mass is 16.4. The van der Waals surface area contributed by atoms with Crippen molar-refractivity contribution < 1.29 is 24.6 Å². The average molecular weight is 364 g/mol. The molecule has 1 saturated carbocycles. The van der Waals surface area contributed by atoms with Crippen molar-refractivity contribution in [3.05, 3.63) is 23.3 Å². The van der Waals surface area contributed by atoms with Crippen LogP contribution in [-0.2, 0) is 14.4 Å². The van der Waals surface area contributed by atoms with E-state index in [1.807, 2.05) is 34.6 Å². The molecule has 0 spiro atoms. The van der Waals surface area contributed by atoms with E-state index in [-0.39, 0.29) is 12.8 Å². The third kappa shape index (κ3) is 4.38. The monoisotopic (exact) mass is 364 g/mol. The van der Waals surface area contributed by atoms with Gasteiger partial charge < -0.3 is 10.2 Å². The minimum Gasteiger partial charge on any atom is -0.389 e. The molecular weight excluding hydrogens is 332 g/mol. The number of carbonyl (C=O) groups excluding carboxylic acids is 3. The number of aliphatic hydroxyl groups is 2.